The van der Waals surface area contributed by atoms with Gasteiger partial charge in [-0.25, -0.2) is 9.59 Å². The van der Waals surface area contributed by atoms with E-state index in [1.807, 2.05) is 0 Å². The van der Waals surface area contributed by atoms with E-state index in [1.165, 1.54) is 12.0 Å². The molecule has 0 radical (unpaired) electrons. The summed E-state index contributed by atoms with van der Waals surface area (Å²) in [5.41, 5.74) is -2.46. The van der Waals surface area contributed by atoms with Gasteiger partial charge in [0.15, 0.2) is 0 Å². The maximum absolute atomic E-state index is 12.2. The van der Waals surface area contributed by atoms with Crippen molar-refractivity contribution in [2.75, 3.05) is 13.7 Å². The van der Waals surface area contributed by atoms with E-state index in [0.29, 0.717) is 0 Å². The number of hydrogen-bond donors (Lipinski definition) is 1. The van der Waals surface area contributed by atoms with E-state index in [1.54, 1.807) is 20.8 Å². The SMILES string of the molecule is COC(=O)[C@H]1C[C@](O)(C(Cl)(Cl)Cl)CCN1C(=O)OC(C)(C)C. The number of alkyl halides is 3. The first kappa shape index (κ1) is 19.6. The highest BCUT2D eigenvalue weighted by Gasteiger charge is 2.54. The van der Waals surface area contributed by atoms with E-state index < -0.39 is 33.1 Å². The third-order valence-electron chi connectivity index (χ3n) is 3.30. The number of nitrogens with zero attached hydrogens (tertiary/aromatic N) is 1. The van der Waals surface area contributed by atoms with Gasteiger partial charge >= 0.3 is 12.1 Å². The van der Waals surface area contributed by atoms with Crippen molar-refractivity contribution in [3.8, 4) is 0 Å². The molecule has 2 atom stereocenters. The van der Waals surface area contributed by atoms with Crippen LogP contribution in [-0.2, 0) is 14.3 Å². The molecule has 0 aromatic rings. The van der Waals surface area contributed by atoms with Gasteiger partial charge in [-0.1, -0.05) is 34.8 Å². The Hall–Kier alpha value is -0.430. The van der Waals surface area contributed by atoms with Crippen molar-refractivity contribution >= 4 is 46.9 Å². The van der Waals surface area contributed by atoms with Crippen LogP contribution in [0.25, 0.3) is 0 Å². The quantitative estimate of drug-likeness (QED) is 0.562. The van der Waals surface area contributed by atoms with Gasteiger partial charge in [-0.2, -0.15) is 0 Å². The molecule has 9 heteroatoms. The van der Waals surface area contributed by atoms with Crippen LogP contribution in [0.3, 0.4) is 0 Å². The van der Waals surface area contributed by atoms with Crippen LogP contribution in [-0.4, -0.2) is 56.8 Å². The summed E-state index contributed by atoms with van der Waals surface area (Å²) in [4.78, 5) is 25.4. The predicted molar refractivity (Wildman–Crippen MR) is 83.2 cm³/mol. The molecule has 1 fully saturated rings. The molecule has 1 saturated heterocycles. The van der Waals surface area contributed by atoms with E-state index >= 15 is 0 Å². The van der Waals surface area contributed by atoms with Crippen molar-refractivity contribution in [1.29, 1.82) is 0 Å². The summed E-state index contributed by atoms with van der Waals surface area (Å²) in [5.74, 6) is -0.710. The molecule has 0 aromatic carbocycles. The van der Waals surface area contributed by atoms with Gasteiger partial charge in [0.05, 0.1) is 7.11 Å². The number of rotatable bonds is 1. The number of carbonyl (C=O) groups is 2. The Bertz CT molecular complexity index is 446. The fourth-order valence-corrected chi connectivity index (χ4v) is 2.65. The Labute approximate surface area is 144 Å². The Morgan fingerprint density at radius 1 is 1.27 bits per heavy atom. The van der Waals surface area contributed by atoms with E-state index in [4.69, 9.17) is 39.5 Å². The van der Waals surface area contributed by atoms with Gasteiger partial charge < -0.3 is 14.6 Å². The molecular weight excluding hydrogens is 357 g/mol. The minimum atomic E-state index is -1.99. The molecule has 1 heterocycles. The molecule has 1 rings (SSSR count). The molecule has 0 aromatic heterocycles. The minimum absolute atomic E-state index is 0.000903. The number of aliphatic hydroxyl groups is 1. The third kappa shape index (κ3) is 4.54. The third-order valence-corrected chi connectivity index (χ3v) is 4.36. The van der Waals surface area contributed by atoms with E-state index in [-0.39, 0.29) is 19.4 Å². The maximum atomic E-state index is 12.2. The zero-order valence-electron chi connectivity index (χ0n) is 12.9. The van der Waals surface area contributed by atoms with Gasteiger partial charge in [0.25, 0.3) is 0 Å². The molecule has 0 aliphatic carbocycles. The predicted octanol–water partition coefficient (Wildman–Crippen LogP) is 2.66. The van der Waals surface area contributed by atoms with E-state index in [0.717, 1.165) is 0 Å². The Balaban J connectivity index is 3.01. The van der Waals surface area contributed by atoms with Gasteiger partial charge in [0.2, 0.25) is 3.79 Å². The van der Waals surface area contributed by atoms with Crippen molar-refractivity contribution in [2.24, 2.45) is 0 Å². The molecule has 0 spiro atoms. The molecule has 1 aliphatic rings. The summed E-state index contributed by atoms with van der Waals surface area (Å²) in [6, 6.07) is -1.09. The fraction of sp³-hybridized carbons (Fsp3) is 0.846. The molecule has 1 N–H and O–H groups in total. The number of ether oxygens (including phenoxy) is 2. The van der Waals surface area contributed by atoms with Gasteiger partial charge in [-0.05, 0) is 27.2 Å². The average molecular weight is 377 g/mol. The summed E-state index contributed by atoms with van der Waals surface area (Å²) in [7, 11) is 1.18. The molecule has 22 heavy (non-hydrogen) atoms. The zero-order valence-corrected chi connectivity index (χ0v) is 15.1. The van der Waals surface area contributed by atoms with Gasteiger partial charge in [-0.3, -0.25) is 4.90 Å². The lowest BCUT2D eigenvalue weighted by molar-refractivity contribution is -0.153. The molecule has 0 bridgehead atoms. The van der Waals surface area contributed by atoms with Crippen molar-refractivity contribution in [2.45, 2.75) is 54.6 Å². The highest BCUT2D eigenvalue weighted by Crippen LogP contribution is 2.46. The summed E-state index contributed by atoms with van der Waals surface area (Å²) in [6.07, 6.45) is -0.944. The normalized spacial score (nSPS) is 26.5. The first-order chi connectivity index (χ1) is 9.81. The van der Waals surface area contributed by atoms with Crippen LogP contribution < -0.4 is 0 Å². The second kappa shape index (κ2) is 6.59. The monoisotopic (exact) mass is 375 g/mol. The second-order valence-electron chi connectivity index (χ2n) is 6.20. The summed E-state index contributed by atoms with van der Waals surface area (Å²) in [5, 5.41) is 10.5. The summed E-state index contributed by atoms with van der Waals surface area (Å²) < 4.78 is 7.95. The van der Waals surface area contributed by atoms with E-state index in [2.05, 4.69) is 4.74 Å². The summed E-state index contributed by atoms with van der Waals surface area (Å²) >= 11 is 17.4. The fourth-order valence-electron chi connectivity index (χ4n) is 2.14. The number of hydrogen-bond acceptors (Lipinski definition) is 5. The number of piperidine rings is 1. The van der Waals surface area contributed by atoms with Crippen LogP contribution in [0.4, 0.5) is 4.79 Å². The van der Waals surface area contributed by atoms with Crippen LogP contribution in [0.5, 0.6) is 0 Å². The number of esters is 1. The van der Waals surface area contributed by atoms with Crippen LogP contribution in [0.15, 0.2) is 0 Å². The number of methoxy groups -OCH3 is 1. The molecular formula is C13H20Cl3NO5. The van der Waals surface area contributed by atoms with Crippen LogP contribution in [0.2, 0.25) is 0 Å². The molecule has 0 saturated carbocycles. The average Bonchev–Trinajstić information content (AvgIpc) is 2.34. The number of amides is 1. The largest absolute Gasteiger partial charge is 0.467 e. The van der Waals surface area contributed by atoms with Crippen LogP contribution >= 0.6 is 34.8 Å². The molecule has 128 valence electrons. The van der Waals surface area contributed by atoms with Crippen molar-refractivity contribution in [1.82, 2.24) is 4.90 Å². The Morgan fingerprint density at radius 3 is 2.23 bits per heavy atom. The molecule has 1 aliphatic heterocycles. The molecule has 6 nitrogen and oxygen atoms in total. The zero-order chi connectivity index (χ0) is 17.3. The highest BCUT2D eigenvalue weighted by molar-refractivity contribution is 6.68. The smallest absolute Gasteiger partial charge is 0.411 e. The Morgan fingerprint density at radius 2 is 1.82 bits per heavy atom. The van der Waals surface area contributed by atoms with Gasteiger partial charge in [-0.15, -0.1) is 0 Å². The lowest BCUT2D eigenvalue weighted by Gasteiger charge is -2.45. The van der Waals surface area contributed by atoms with Crippen molar-refractivity contribution in [3.05, 3.63) is 0 Å². The van der Waals surface area contributed by atoms with Gasteiger partial charge in [0.1, 0.15) is 17.2 Å². The molecule has 1 amide bonds. The number of halogens is 3. The number of likely N-dealkylation sites (tertiary alicyclic amines) is 1. The number of carbonyl (C=O) groups excluding carboxylic acids is 2. The lowest BCUT2D eigenvalue weighted by atomic mass is 9.87. The minimum Gasteiger partial charge on any atom is -0.467 e. The van der Waals surface area contributed by atoms with Gasteiger partial charge in [0, 0.05) is 13.0 Å². The topological polar surface area (TPSA) is 76.1 Å². The van der Waals surface area contributed by atoms with Crippen molar-refractivity contribution < 1.29 is 24.2 Å². The first-order valence-corrected chi connectivity index (χ1v) is 7.81. The lowest BCUT2D eigenvalue weighted by Crippen LogP contribution is -2.60. The Kier molecular flexibility index (Phi) is 5.88. The first-order valence-electron chi connectivity index (χ1n) is 6.67. The highest BCUT2D eigenvalue weighted by atomic mass is 35.6. The standard InChI is InChI=1S/C13H20Cl3NO5/c1-11(2,3)22-10(19)17-6-5-12(20,13(14,15)16)7-8(17)9(18)21-4/h8,20H,5-7H2,1-4H3/t8-,12+/m1/s1. The second-order valence-corrected chi connectivity index (χ2v) is 8.48. The van der Waals surface area contributed by atoms with Crippen LogP contribution in [0, 0.1) is 0 Å². The maximum Gasteiger partial charge on any atom is 0.411 e. The molecule has 0 unspecified atom stereocenters. The van der Waals surface area contributed by atoms with Crippen molar-refractivity contribution in [3.63, 3.8) is 0 Å². The van der Waals surface area contributed by atoms with E-state index in [9.17, 15) is 14.7 Å². The summed E-state index contributed by atoms with van der Waals surface area (Å²) in [6.45, 7) is 5.12. The van der Waals surface area contributed by atoms with Crippen LogP contribution in [0.1, 0.15) is 33.6 Å².